The van der Waals surface area contributed by atoms with Gasteiger partial charge in [0.05, 0.1) is 9.40 Å². The Hall–Kier alpha value is -2.02. The van der Waals surface area contributed by atoms with Crippen LogP contribution in [0.1, 0.15) is 5.56 Å². The fourth-order valence-corrected chi connectivity index (χ4v) is 1.87. The molecule has 0 aliphatic rings. The highest BCUT2D eigenvalue weighted by Gasteiger charge is 2.13. The lowest BCUT2D eigenvalue weighted by atomic mass is 10.2. The fourth-order valence-electron chi connectivity index (χ4n) is 1.62. The van der Waals surface area contributed by atoms with Crippen molar-refractivity contribution in [2.75, 3.05) is 5.32 Å². The van der Waals surface area contributed by atoms with Crippen LogP contribution in [0.4, 0.5) is 20.2 Å². The molecule has 0 aromatic heterocycles. The monoisotopic (exact) mass is 342 g/mol. The van der Waals surface area contributed by atoms with Crippen LogP contribution in [-0.4, -0.2) is 4.92 Å². The number of nitrogens with one attached hydrogen (secondary N) is 1. The van der Waals surface area contributed by atoms with Crippen LogP contribution in [-0.2, 0) is 6.54 Å². The second kappa shape index (κ2) is 5.96. The SMILES string of the molecule is O=[N+]([O-])c1ccc(CNc2ccc(Br)c(F)c2)cc1F. The summed E-state index contributed by atoms with van der Waals surface area (Å²) in [5, 5.41) is 13.4. The number of benzene rings is 2. The van der Waals surface area contributed by atoms with E-state index in [4.69, 9.17) is 0 Å². The second-order valence-electron chi connectivity index (χ2n) is 4.03. The van der Waals surface area contributed by atoms with E-state index in [0.29, 0.717) is 15.7 Å². The van der Waals surface area contributed by atoms with Gasteiger partial charge >= 0.3 is 5.69 Å². The normalized spacial score (nSPS) is 10.3. The molecule has 0 bridgehead atoms. The summed E-state index contributed by atoms with van der Waals surface area (Å²) in [6, 6.07) is 8.15. The molecule has 0 radical (unpaired) electrons. The predicted octanol–water partition coefficient (Wildman–Crippen LogP) is 4.25. The quantitative estimate of drug-likeness (QED) is 0.667. The van der Waals surface area contributed by atoms with Gasteiger partial charge in [-0.2, -0.15) is 4.39 Å². The summed E-state index contributed by atoms with van der Waals surface area (Å²) in [5.74, 6) is -1.30. The van der Waals surface area contributed by atoms with Crippen LogP contribution in [0.3, 0.4) is 0 Å². The molecule has 0 fully saturated rings. The van der Waals surface area contributed by atoms with Crippen molar-refractivity contribution in [2.24, 2.45) is 0 Å². The van der Waals surface area contributed by atoms with Crippen molar-refractivity contribution in [3.8, 4) is 0 Å². The minimum absolute atomic E-state index is 0.232. The second-order valence-corrected chi connectivity index (χ2v) is 4.88. The Balaban J connectivity index is 2.09. The Morgan fingerprint density at radius 1 is 1.15 bits per heavy atom. The average Bonchev–Trinajstić information content (AvgIpc) is 2.40. The predicted molar refractivity (Wildman–Crippen MR) is 74.5 cm³/mol. The molecule has 1 N–H and O–H groups in total. The zero-order valence-corrected chi connectivity index (χ0v) is 11.7. The number of hydrogen-bond acceptors (Lipinski definition) is 3. The van der Waals surface area contributed by atoms with Gasteiger partial charge in [-0.1, -0.05) is 6.07 Å². The Labute approximate surface area is 121 Å². The third-order valence-electron chi connectivity index (χ3n) is 2.63. The van der Waals surface area contributed by atoms with E-state index in [1.165, 1.54) is 12.1 Å². The van der Waals surface area contributed by atoms with Crippen molar-refractivity contribution in [3.63, 3.8) is 0 Å². The van der Waals surface area contributed by atoms with E-state index in [1.807, 2.05) is 0 Å². The van der Waals surface area contributed by atoms with Crippen LogP contribution in [0.2, 0.25) is 0 Å². The van der Waals surface area contributed by atoms with Gasteiger partial charge in [-0.05, 0) is 45.8 Å². The van der Waals surface area contributed by atoms with Crippen molar-refractivity contribution in [1.82, 2.24) is 0 Å². The van der Waals surface area contributed by atoms with Crippen LogP contribution >= 0.6 is 15.9 Å². The molecule has 0 unspecified atom stereocenters. The highest BCUT2D eigenvalue weighted by Crippen LogP contribution is 2.21. The average molecular weight is 343 g/mol. The molecule has 0 saturated heterocycles. The molecule has 4 nitrogen and oxygen atoms in total. The van der Waals surface area contributed by atoms with Crippen molar-refractivity contribution in [3.05, 3.63) is 68.2 Å². The Morgan fingerprint density at radius 2 is 1.90 bits per heavy atom. The van der Waals surface area contributed by atoms with E-state index in [-0.39, 0.29) is 6.54 Å². The van der Waals surface area contributed by atoms with Crippen LogP contribution < -0.4 is 5.32 Å². The van der Waals surface area contributed by atoms with Gasteiger partial charge in [0.25, 0.3) is 0 Å². The maximum atomic E-state index is 13.4. The number of nitro groups is 1. The zero-order chi connectivity index (χ0) is 14.7. The van der Waals surface area contributed by atoms with Gasteiger partial charge in [0.2, 0.25) is 5.82 Å². The molecule has 0 aliphatic carbocycles. The lowest BCUT2D eigenvalue weighted by molar-refractivity contribution is -0.387. The first kappa shape index (κ1) is 14.4. The van der Waals surface area contributed by atoms with Gasteiger partial charge < -0.3 is 5.32 Å². The number of nitrogens with zero attached hydrogens (tertiary/aromatic N) is 1. The number of halogens is 3. The van der Waals surface area contributed by atoms with E-state index in [0.717, 1.165) is 12.1 Å². The number of rotatable bonds is 4. The van der Waals surface area contributed by atoms with E-state index >= 15 is 0 Å². The van der Waals surface area contributed by atoms with Crippen LogP contribution in [0.5, 0.6) is 0 Å². The van der Waals surface area contributed by atoms with Gasteiger partial charge in [-0.25, -0.2) is 4.39 Å². The topological polar surface area (TPSA) is 55.2 Å². The van der Waals surface area contributed by atoms with Gasteiger partial charge in [0.1, 0.15) is 5.82 Å². The molecule has 0 atom stereocenters. The third kappa shape index (κ3) is 3.30. The number of anilines is 1. The molecular formula is C13H9BrF2N2O2. The van der Waals surface area contributed by atoms with Crippen LogP contribution in [0, 0.1) is 21.7 Å². The van der Waals surface area contributed by atoms with E-state index in [1.54, 1.807) is 12.1 Å². The molecule has 0 amide bonds. The van der Waals surface area contributed by atoms with E-state index < -0.39 is 22.2 Å². The first-order valence-electron chi connectivity index (χ1n) is 5.59. The van der Waals surface area contributed by atoms with Crippen molar-refractivity contribution in [2.45, 2.75) is 6.54 Å². The molecule has 2 aromatic carbocycles. The summed E-state index contributed by atoms with van der Waals surface area (Å²) in [6.45, 7) is 0.232. The Kier molecular flexibility index (Phi) is 4.29. The van der Waals surface area contributed by atoms with E-state index in [2.05, 4.69) is 21.2 Å². The summed E-state index contributed by atoms with van der Waals surface area (Å²) in [5.41, 5.74) is 0.490. The van der Waals surface area contributed by atoms with Crippen molar-refractivity contribution in [1.29, 1.82) is 0 Å². The number of hydrogen-bond donors (Lipinski definition) is 1. The van der Waals surface area contributed by atoms with Gasteiger partial charge in [-0.3, -0.25) is 10.1 Å². The largest absolute Gasteiger partial charge is 0.381 e. The molecule has 20 heavy (non-hydrogen) atoms. The van der Waals surface area contributed by atoms with Crippen molar-refractivity contribution < 1.29 is 13.7 Å². The highest BCUT2D eigenvalue weighted by molar-refractivity contribution is 9.10. The number of nitro benzene ring substituents is 1. The minimum Gasteiger partial charge on any atom is -0.381 e. The molecule has 0 heterocycles. The standard InChI is InChI=1S/C13H9BrF2N2O2/c14-10-3-2-9(6-11(10)15)17-7-8-1-4-13(18(19)20)12(16)5-8/h1-6,17H,7H2. The summed E-state index contributed by atoms with van der Waals surface area (Å²) >= 11 is 3.04. The smallest absolute Gasteiger partial charge is 0.304 e. The molecule has 0 spiro atoms. The first-order chi connectivity index (χ1) is 9.47. The lowest BCUT2D eigenvalue weighted by Gasteiger charge is -2.07. The molecule has 2 aromatic rings. The van der Waals surface area contributed by atoms with Gasteiger partial charge in [0.15, 0.2) is 0 Å². The molecule has 0 aliphatic heterocycles. The summed E-state index contributed by atoms with van der Waals surface area (Å²) in [7, 11) is 0. The Bertz CT molecular complexity index is 665. The summed E-state index contributed by atoms with van der Waals surface area (Å²) < 4.78 is 27.0. The van der Waals surface area contributed by atoms with E-state index in [9.17, 15) is 18.9 Å². The van der Waals surface area contributed by atoms with Gasteiger partial charge in [-0.15, -0.1) is 0 Å². The van der Waals surface area contributed by atoms with Crippen molar-refractivity contribution >= 4 is 27.3 Å². The van der Waals surface area contributed by atoms with Crippen LogP contribution in [0.15, 0.2) is 40.9 Å². The highest BCUT2D eigenvalue weighted by atomic mass is 79.9. The maximum absolute atomic E-state index is 13.4. The first-order valence-corrected chi connectivity index (χ1v) is 6.38. The summed E-state index contributed by atoms with van der Waals surface area (Å²) in [4.78, 5) is 9.70. The Morgan fingerprint density at radius 3 is 2.50 bits per heavy atom. The van der Waals surface area contributed by atoms with Gasteiger partial charge in [0, 0.05) is 18.3 Å². The zero-order valence-electron chi connectivity index (χ0n) is 10.1. The molecule has 7 heteroatoms. The summed E-state index contributed by atoms with van der Waals surface area (Å²) in [6.07, 6.45) is 0. The fraction of sp³-hybridized carbons (Fsp3) is 0.0769. The maximum Gasteiger partial charge on any atom is 0.304 e. The molecular weight excluding hydrogens is 334 g/mol. The molecule has 2 rings (SSSR count). The van der Waals surface area contributed by atoms with Crippen LogP contribution in [0.25, 0.3) is 0 Å². The third-order valence-corrected chi connectivity index (χ3v) is 3.27. The molecule has 104 valence electrons. The minimum atomic E-state index is -0.892. The lowest BCUT2D eigenvalue weighted by Crippen LogP contribution is -2.01. The molecule has 0 saturated carbocycles.